The maximum Gasteiger partial charge on any atom is 0.0641 e. The van der Waals surface area contributed by atoms with Crippen LogP contribution in [0.5, 0.6) is 0 Å². The molecule has 0 heterocycles. The zero-order valence-electron chi connectivity index (χ0n) is 9.68. The van der Waals surface area contributed by atoms with Gasteiger partial charge in [0.15, 0.2) is 0 Å². The smallest absolute Gasteiger partial charge is 0.0641 e. The minimum absolute atomic E-state index is 0.288. The van der Waals surface area contributed by atoms with E-state index in [1.807, 2.05) is 0 Å². The lowest BCUT2D eigenvalue weighted by Crippen LogP contribution is -2.49. The maximum absolute atomic E-state index is 5.63. The molecule has 0 saturated heterocycles. The van der Waals surface area contributed by atoms with Crippen molar-refractivity contribution in [2.24, 2.45) is 11.3 Å². The predicted molar refractivity (Wildman–Crippen MR) is 58.8 cm³/mol. The Bertz CT molecular complexity index is 165. The first-order valence-electron chi connectivity index (χ1n) is 5.66. The van der Waals surface area contributed by atoms with Gasteiger partial charge in [-0.15, -0.1) is 0 Å². The van der Waals surface area contributed by atoms with Gasteiger partial charge in [-0.3, -0.25) is 11.3 Å². The highest BCUT2D eigenvalue weighted by Gasteiger charge is 2.36. The Morgan fingerprint density at radius 2 is 1.93 bits per heavy atom. The van der Waals surface area contributed by atoms with Gasteiger partial charge in [0.2, 0.25) is 0 Å². The second kappa shape index (κ2) is 5.10. The monoisotopic (exact) mass is 200 g/mol. The summed E-state index contributed by atoms with van der Waals surface area (Å²) in [6.07, 6.45) is 5.48. The standard InChI is InChI=1S/C11H24N2O/c1-9(2)14-8-10(13-12)11(3)6-4-5-7-11/h9-10,13H,4-8,12H2,1-3H3. The molecule has 3 nitrogen and oxygen atoms in total. The number of nitrogens with two attached hydrogens (primary N) is 1. The van der Waals surface area contributed by atoms with Crippen molar-refractivity contribution in [3.05, 3.63) is 0 Å². The molecule has 1 aliphatic rings. The molecule has 0 aromatic rings. The maximum atomic E-state index is 5.63. The molecule has 1 atom stereocenters. The first kappa shape index (κ1) is 12.0. The minimum atomic E-state index is 0.288. The Labute approximate surface area is 87.4 Å². The van der Waals surface area contributed by atoms with Gasteiger partial charge in [0.05, 0.1) is 12.7 Å². The van der Waals surface area contributed by atoms with Crippen molar-refractivity contribution in [1.29, 1.82) is 0 Å². The van der Waals surface area contributed by atoms with Crippen molar-refractivity contribution in [2.75, 3.05) is 6.61 Å². The fourth-order valence-corrected chi connectivity index (χ4v) is 2.27. The van der Waals surface area contributed by atoms with Crippen molar-refractivity contribution in [1.82, 2.24) is 5.43 Å². The summed E-state index contributed by atoms with van der Waals surface area (Å²) in [5, 5.41) is 0. The summed E-state index contributed by atoms with van der Waals surface area (Å²) < 4.78 is 5.63. The normalized spacial score (nSPS) is 22.9. The minimum Gasteiger partial charge on any atom is -0.377 e. The average Bonchev–Trinajstić information content (AvgIpc) is 2.53. The van der Waals surface area contributed by atoms with Gasteiger partial charge < -0.3 is 4.74 Å². The van der Waals surface area contributed by atoms with Gasteiger partial charge in [-0.1, -0.05) is 19.8 Å². The summed E-state index contributed by atoms with van der Waals surface area (Å²) in [6.45, 7) is 7.16. The molecule has 0 aromatic heterocycles. The molecule has 1 fully saturated rings. The third-order valence-corrected chi connectivity index (χ3v) is 3.38. The summed E-state index contributed by atoms with van der Waals surface area (Å²) >= 11 is 0. The highest BCUT2D eigenvalue weighted by atomic mass is 16.5. The molecule has 14 heavy (non-hydrogen) atoms. The van der Waals surface area contributed by atoms with Gasteiger partial charge in [0.25, 0.3) is 0 Å². The first-order chi connectivity index (χ1) is 6.58. The third-order valence-electron chi connectivity index (χ3n) is 3.38. The Morgan fingerprint density at radius 3 is 2.36 bits per heavy atom. The molecule has 3 heteroatoms. The molecule has 1 rings (SSSR count). The molecule has 1 saturated carbocycles. The lowest BCUT2D eigenvalue weighted by Gasteiger charge is -2.33. The largest absolute Gasteiger partial charge is 0.377 e. The van der Waals surface area contributed by atoms with Crippen molar-refractivity contribution in [3.63, 3.8) is 0 Å². The van der Waals surface area contributed by atoms with Crippen LogP contribution >= 0.6 is 0 Å². The Kier molecular flexibility index (Phi) is 4.35. The van der Waals surface area contributed by atoms with Crippen LogP contribution in [0.4, 0.5) is 0 Å². The molecular formula is C11H24N2O. The molecule has 0 amide bonds. The summed E-state index contributed by atoms with van der Waals surface area (Å²) in [5.41, 5.74) is 3.25. The van der Waals surface area contributed by atoms with Gasteiger partial charge in [0, 0.05) is 6.04 Å². The van der Waals surface area contributed by atoms with E-state index in [0.29, 0.717) is 11.5 Å². The Balaban J connectivity index is 2.43. The van der Waals surface area contributed by atoms with Crippen LogP contribution in [-0.2, 0) is 4.74 Å². The Morgan fingerprint density at radius 1 is 1.36 bits per heavy atom. The Hall–Kier alpha value is -0.120. The van der Waals surface area contributed by atoms with E-state index >= 15 is 0 Å². The van der Waals surface area contributed by atoms with E-state index in [1.165, 1.54) is 25.7 Å². The van der Waals surface area contributed by atoms with E-state index in [2.05, 4.69) is 26.2 Å². The molecule has 0 bridgehead atoms. The zero-order valence-corrected chi connectivity index (χ0v) is 9.68. The molecule has 0 aromatic carbocycles. The van der Waals surface area contributed by atoms with E-state index in [9.17, 15) is 0 Å². The highest BCUT2D eigenvalue weighted by molar-refractivity contribution is 4.90. The van der Waals surface area contributed by atoms with Crippen LogP contribution in [0.3, 0.4) is 0 Å². The van der Waals surface area contributed by atoms with Crippen LogP contribution in [0.25, 0.3) is 0 Å². The number of rotatable bonds is 5. The summed E-state index contributed by atoms with van der Waals surface area (Å²) in [4.78, 5) is 0. The summed E-state index contributed by atoms with van der Waals surface area (Å²) in [5.74, 6) is 5.59. The molecule has 0 radical (unpaired) electrons. The van der Waals surface area contributed by atoms with Crippen molar-refractivity contribution in [2.45, 2.75) is 58.6 Å². The molecule has 84 valence electrons. The zero-order chi connectivity index (χ0) is 10.6. The van der Waals surface area contributed by atoms with Crippen LogP contribution < -0.4 is 11.3 Å². The van der Waals surface area contributed by atoms with Gasteiger partial charge in [-0.2, -0.15) is 0 Å². The highest BCUT2D eigenvalue weighted by Crippen LogP contribution is 2.40. The molecule has 0 spiro atoms. The number of hydrazine groups is 1. The molecule has 3 N–H and O–H groups in total. The van der Waals surface area contributed by atoms with Gasteiger partial charge in [-0.05, 0) is 32.1 Å². The van der Waals surface area contributed by atoms with E-state index in [-0.39, 0.29) is 6.10 Å². The lowest BCUT2D eigenvalue weighted by atomic mass is 9.81. The fraction of sp³-hybridized carbons (Fsp3) is 1.00. The quantitative estimate of drug-likeness (QED) is 0.526. The second-order valence-corrected chi connectivity index (χ2v) is 4.96. The number of hydrogen-bond acceptors (Lipinski definition) is 3. The SMILES string of the molecule is CC(C)OCC(NN)C1(C)CCCC1. The summed E-state index contributed by atoms with van der Waals surface area (Å²) in [7, 11) is 0. The van der Waals surface area contributed by atoms with Crippen molar-refractivity contribution in [3.8, 4) is 0 Å². The molecule has 0 aliphatic heterocycles. The lowest BCUT2D eigenvalue weighted by molar-refractivity contribution is 0.0288. The first-order valence-corrected chi connectivity index (χ1v) is 5.66. The van der Waals surface area contributed by atoms with Crippen LogP contribution in [0.15, 0.2) is 0 Å². The van der Waals surface area contributed by atoms with Crippen LogP contribution in [0, 0.1) is 5.41 Å². The van der Waals surface area contributed by atoms with Crippen molar-refractivity contribution < 1.29 is 4.74 Å². The fourth-order valence-electron chi connectivity index (χ4n) is 2.27. The van der Waals surface area contributed by atoms with Crippen LogP contribution in [0.2, 0.25) is 0 Å². The van der Waals surface area contributed by atoms with E-state index in [4.69, 9.17) is 10.6 Å². The van der Waals surface area contributed by atoms with Gasteiger partial charge in [-0.25, -0.2) is 0 Å². The van der Waals surface area contributed by atoms with E-state index in [1.54, 1.807) is 0 Å². The molecule has 1 aliphatic carbocycles. The van der Waals surface area contributed by atoms with Crippen LogP contribution in [-0.4, -0.2) is 18.8 Å². The third kappa shape index (κ3) is 2.94. The topological polar surface area (TPSA) is 47.3 Å². The van der Waals surface area contributed by atoms with E-state index in [0.717, 1.165) is 6.61 Å². The molecular weight excluding hydrogens is 176 g/mol. The number of ether oxygens (including phenoxy) is 1. The predicted octanol–water partition coefficient (Wildman–Crippen LogP) is 1.82. The number of nitrogens with one attached hydrogen (secondary N) is 1. The van der Waals surface area contributed by atoms with Crippen molar-refractivity contribution >= 4 is 0 Å². The molecule has 1 unspecified atom stereocenters. The van der Waals surface area contributed by atoms with Gasteiger partial charge in [0.1, 0.15) is 0 Å². The van der Waals surface area contributed by atoms with Crippen LogP contribution in [0.1, 0.15) is 46.5 Å². The summed E-state index contributed by atoms with van der Waals surface area (Å²) in [6, 6.07) is 0.299. The average molecular weight is 200 g/mol. The van der Waals surface area contributed by atoms with Gasteiger partial charge >= 0.3 is 0 Å². The number of hydrogen-bond donors (Lipinski definition) is 2. The van der Waals surface area contributed by atoms with E-state index < -0.39 is 0 Å². The second-order valence-electron chi connectivity index (χ2n) is 4.96.